The Morgan fingerprint density at radius 3 is 2.93 bits per heavy atom. The van der Waals surface area contributed by atoms with Crippen LogP contribution in [0, 0.1) is 12.3 Å². The van der Waals surface area contributed by atoms with E-state index in [1.807, 2.05) is 6.08 Å². The van der Waals surface area contributed by atoms with Crippen molar-refractivity contribution in [2.24, 2.45) is 0 Å². The van der Waals surface area contributed by atoms with E-state index < -0.39 is 0 Å². The van der Waals surface area contributed by atoms with Crippen LogP contribution in [0.25, 0.3) is 0 Å². The Bertz CT molecular complexity index is 238. The quantitative estimate of drug-likeness (QED) is 0.298. The van der Waals surface area contributed by atoms with Crippen LogP contribution in [0.5, 0.6) is 0 Å². The van der Waals surface area contributed by atoms with Crippen LogP contribution in [-0.4, -0.2) is 26.2 Å². The number of esters is 1. The van der Waals surface area contributed by atoms with Gasteiger partial charge in [0, 0.05) is 18.5 Å². The standard InChI is InChI=1S/C11H17NO2/c1-4-5-6-8-12-9-7-10(2)11(13)14-3/h1,7,12H,5-6,8-9H2,2-3H3. The van der Waals surface area contributed by atoms with Crippen LogP contribution in [0.4, 0.5) is 0 Å². The van der Waals surface area contributed by atoms with Gasteiger partial charge in [-0.1, -0.05) is 6.08 Å². The fourth-order valence-electron chi connectivity index (χ4n) is 0.887. The zero-order valence-corrected chi connectivity index (χ0v) is 8.80. The van der Waals surface area contributed by atoms with Gasteiger partial charge in [-0.15, -0.1) is 12.3 Å². The van der Waals surface area contributed by atoms with Gasteiger partial charge in [-0.25, -0.2) is 4.79 Å². The number of carbonyl (C=O) groups excluding carboxylic acids is 1. The molecule has 0 aromatic rings. The molecule has 0 amide bonds. The van der Waals surface area contributed by atoms with Crippen LogP contribution >= 0.6 is 0 Å². The van der Waals surface area contributed by atoms with Gasteiger partial charge in [0.1, 0.15) is 0 Å². The first-order valence-corrected chi connectivity index (χ1v) is 4.61. The number of rotatable bonds is 6. The molecule has 0 aromatic carbocycles. The summed E-state index contributed by atoms with van der Waals surface area (Å²) in [7, 11) is 1.38. The van der Waals surface area contributed by atoms with Gasteiger partial charge in [0.15, 0.2) is 0 Å². The molecule has 0 aliphatic carbocycles. The van der Waals surface area contributed by atoms with E-state index in [1.165, 1.54) is 7.11 Å². The molecule has 1 N–H and O–H groups in total. The molecule has 0 heterocycles. The number of terminal acetylenes is 1. The van der Waals surface area contributed by atoms with Crippen LogP contribution in [0.2, 0.25) is 0 Å². The molecule has 0 aromatic heterocycles. The second-order valence-corrected chi connectivity index (χ2v) is 2.89. The van der Waals surface area contributed by atoms with Crippen molar-refractivity contribution in [3.05, 3.63) is 11.6 Å². The van der Waals surface area contributed by atoms with Crippen LogP contribution in [0.1, 0.15) is 19.8 Å². The molecular weight excluding hydrogens is 178 g/mol. The van der Waals surface area contributed by atoms with Crippen molar-refractivity contribution in [1.82, 2.24) is 5.32 Å². The first-order chi connectivity index (χ1) is 6.72. The number of nitrogens with one attached hydrogen (secondary N) is 1. The van der Waals surface area contributed by atoms with Gasteiger partial charge in [0.05, 0.1) is 7.11 Å². The lowest BCUT2D eigenvalue weighted by Crippen LogP contribution is -2.16. The predicted octanol–water partition coefficient (Wildman–Crippen LogP) is 1.11. The maximum atomic E-state index is 10.9. The Labute approximate surface area is 85.5 Å². The van der Waals surface area contributed by atoms with Gasteiger partial charge in [-0.3, -0.25) is 0 Å². The molecule has 3 heteroatoms. The molecule has 0 saturated heterocycles. The molecule has 0 spiro atoms. The van der Waals surface area contributed by atoms with Crippen molar-refractivity contribution in [1.29, 1.82) is 0 Å². The smallest absolute Gasteiger partial charge is 0.333 e. The number of unbranched alkanes of at least 4 members (excludes halogenated alkanes) is 1. The molecule has 14 heavy (non-hydrogen) atoms. The fourth-order valence-corrected chi connectivity index (χ4v) is 0.887. The number of methoxy groups -OCH3 is 1. The van der Waals surface area contributed by atoms with E-state index in [2.05, 4.69) is 16.0 Å². The molecule has 0 radical (unpaired) electrons. The highest BCUT2D eigenvalue weighted by atomic mass is 16.5. The summed E-state index contributed by atoms with van der Waals surface area (Å²) in [6, 6.07) is 0. The molecule has 0 atom stereocenters. The van der Waals surface area contributed by atoms with E-state index in [0.29, 0.717) is 12.1 Å². The van der Waals surface area contributed by atoms with Crippen molar-refractivity contribution in [3.8, 4) is 12.3 Å². The third kappa shape index (κ3) is 6.27. The lowest BCUT2D eigenvalue weighted by atomic mass is 10.3. The van der Waals surface area contributed by atoms with Crippen molar-refractivity contribution in [2.75, 3.05) is 20.2 Å². The van der Waals surface area contributed by atoms with E-state index in [1.54, 1.807) is 6.92 Å². The summed E-state index contributed by atoms with van der Waals surface area (Å²) in [5.74, 6) is 2.28. The van der Waals surface area contributed by atoms with E-state index >= 15 is 0 Å². The van der Waals surface area contributed by atoms with Gasteiger partial charge in [-0.2, -0.15) is 0 Å². The highest BCUT2D eigenvalue weighted by Gasteiger charge is 2.00. The monoisotopic (exact) mass is 195 g/mol. The van der Waals surface area contributed by atoms with Gasteiger partial charge in [-0.05, 0) is 19.9 Å². The minimum atomic E-state index is -0.282. The molecule has 0 rings (SSSR count). The summed E-state index contributed by atoms with van der Waals surface area (Å²) in [4.78, 5) is 10.9. The molecule has 0 aliphatic heterocycles. The normalized spacial score (nSPS) is 10.8. The molecule has 78 valence electrons. The summed E-state index contributed by atoms with van der Waals surface area (Å²) in [5.41, 5.74) is 0.622. The lowest BCUT2D eigenvalue weighted by Gasteiger charge is -2.00. The Morgan fingerprint density at radius 1 is 1.64 bits per heavy atom. The third-order valence-corrected chi connectivity index (χ3v) is 1.73. The molecule has 0 bridgehead atoms. The number of hydrogen-bond acceptors (Lipinski definition) is 3. The van der Waals surface area contributed by atoms with Gasteiger partial charge >= 0.3 is 5.97 Å². The molecule has 0 saturated carbocycles. The first-order valence-electron chi connectivity index (χ1n) is 4.61. The molecule has 0 aliphatic rings. The largest absolute Gasteiger partial charge is 0.466 e. The zero-order valence-electron chi connectivity index (χ0n) is 8.80. The summed E-state index contributed by atoms with van der Waals surface area (Å²) >= 11 is 0. The number of hydrogen-bond donors (Lipinski definition) is 1. The minimum absolute atomic E-state index is 0.282. The highest BCUT2D eigenvalue weighted by Crippen LogP contribution is 1.93. The highest BCUT2D eigenvalue weighted by molar-refractivity contribution is 5.87. The summed E-state index contributed by atoms with van der Waals surface area (Å²) in [6.07, 6.45) is 8.65. The average molecular weight is 195 g/mol. The van der Waals surface area contributed by atoms with Gasteiger partial charge in [0.2, 0.25) is 0 Å². The van der Waals surface area contributed by atoms with Crippen LogP contribution in [0.15, 0.2) is 11.6 Å². The second kappa shape index (κ2) is 8.33. The Hall–Kier alpha value is -1.27. The minimum Gasteiger partial charge on any atom is -0.466 e. The number of carbonyl (C=O) groups is 1. The molecule has 0 unspecified atom stereocenters. The molecule has 0 fully saturated rings. The third-order valence-electron chi connectivity index (χ3n) is 1.73. The average Bonchev–Trinajstić information content (AvgIpc) is 2.21. The van der Waals surface area contributed by atoms with Crippen molar-refractivity contribution < 1.29 is 9.53 Å². The van der Waals surface area contributed by atoms with Crippen LogP contribution in [0.3, 0.4) is 0 Å². The van der Waals surface area contributed by atoms with Gasteiger partial charge < -0.3 is 10.1 Å². The number of ether oxygens (including phenoxy) is 1. The van der Waals surface area contributed by atoms with E-state index in [0.717, 1.165) is 19.4 Å². The van der Waals surface area contributed by atoms with Crippen molar-refractivity contribution in [2.45, 2.75) is 19.8 Å². The Morgan fingerprint density at radius 2 is 2.36 bits per heavy atom. The summed E-state index contributed by atoms with van der Waals surface area (Å²) in [6.45, 7) is 3.27. The maximum Gasteiger partial charge on any atom is 0.333 e. The van der Waals surface area contributed by atoms with Crippen molar-refractivity contribution >= 4 is 5.97 Å². The maximum absolute atomic E-state index is 10.9. The Balaban J connectivity index is 3.52. The summed E-state index contributed by atoms with van der Waals surface area (Å²) < 4.78 is 4.55. The summed E-state index contributed by atoms with van der Waals surface area (Å²) in [5, 5.41) is 3.15. The predicted molar refractivity (Wildman–Crippen MR) is 56.7 cm³/mol. The van der Waals surface area contributed by atoms with Crippen LogP contribution in [-0.2, 0) is 9.53 Å². The molecule has 3 nitrogen and oxygen atoms in total. The first kappa shape index (κ1) is 12.7. The van der Waals surface area contributed by atoms with Crippen molar-refractivity contribution in [3.63, 3.8) is 0 Å². The molecular formula is C11H17NO2. The van der Waals surface area contributed by atoms with E-state index in [9.17, 15) is 4.79 Å². The van der Waals surface area contributed by atoms with Crippen LogP contribution < -0.4 is 5.32 Å². The van der Waals surface area contributed by atoms with E-state index in [-0.39, 0.29) is 5.97 Å². The SMILES string of the molecule is C#CCCCNCC=C(C)C(=O)OC. The fraction of sp³-hybridized carbons (Fsp3) is 0.545. The second-order valence-electron chi connectivity index (χ2n) is 2.89. The zero-order chi connectivity index (χ0) is 10.8. The van der Waals surface area contributed by atoms with E-state index in [4.69, 9.17) is 6.42 Å². The Kier molecular flexibility index (Phi) is 7.58. The topological polar surface area (TPSA) is 38.3 Å². The van der Waals surface area contributed by atoms with Gasteiger partial charge in [0.25, 0.3) is 0 Å². The lowest BCUT2D eigenvalue weighted by molar-refractivity contribution is -0.136.